The third-order valence-electron chi connectivity index (χ3n) is 2.98. The van der Waals surface area contributed by atoms with Crippen LogP contribution in [0, 0.1) is 5.41 Å². The van der Waals surface area contributed by atoms with E-state index in [9.17, 15) is 0 Å². The Balaban J connectivity index is 2.38. The molecule has 0 saturated carbocycles. The summed E-state index contributed by atoms with van der Waals surface area (Å²) in [5, 5.41) is 3.36. The van der Waals surface area contributed by atoms with Gasteiger partial charge in [-0.1, -0.05) is 46.1 Å². The number of nitrogen functional groups attached to an aromatic ring is 1. The fraction of sp³-hybridized carbons (Fsp3) is 0.643. The summed E-state index contributed by atoms with van der Waals surface area (Å²) in [4.78, 5) is 4.24. The first-order valence-corrected chi connectivity index (χ1v) is 6.50. The summed E-state index contributed by atoms with van der Waals surface area (Å²) in [6.07, 6.45) is 5.14. The van der Waals surface area contributed by atoms with Crippen molar-refractivity contribution in [3.8, 4) is 0 Å². The van der Waals surface area contributed by atoms with E-state index in [-0.39, 0.29) is 0 Å². The van der Waals surface area contributed by atoms with Gasteiger partial charge in [0.25, 0.3) is 0 Å². The molecule has 0 fully saturated rings. The zero-order valence-electron chi connectivity index (χ0n) is 11.3. The lowest BCUT2D eigenvalue weighted by Crippen LogP contribution is -2.23. The molecule has 1 aromatic rings. The van der Waals surface area contributed by atoms with Gasteiger partial charge in [-0.25, -0.2) is 4.98 Å². The second-order valence-electron chi connectivity index (χ2n) is 5.42. The molecule has 0 bridgehead atoms. The van der Waals surface area contributed by atoms with Crippen LogP contribution in [0.1, 0.15) is 46.5 Å². The van der Waals surface area contributed by atoms with E-state index in [1.54, 1.807) is 6.07 Å². The monoisotopic (exact) mass is 235 g/mol. The first-order chi connectivity index (χ1) is 8.03. The first-order valence-electron chi connectivity index (χ1n) is 6.50. The fourth-order valence-corrected chi connectivity index (χ4v) is 1.82. The van der Waals surface area contributed by atoms with E-state index >= 15 is 0 Å². The van der Waals surface area contributed by atoms with Gasteiger partial charge < -0.3 is 11.1 Å². The molecule has 3 heteroatoms. The number of hydrogen-bond acceptors (Lipinski definition) is 3. The Hall–Kier alpha value is -1.25. The zero-order valence-corrected chi connectivity index (χ0v) is 11.3. The van der Waals surface area contributed by atoms with Crippen LogP contribution in [-0.4, -0.2) is 11.5 Å². The predicted molar refractivity (Wildman–Crippen MR) is 75.1 cm³/mol. The minimum Gasteiger partial charge on any atom is -0.384 e. The van der Waals surface area contributed by atoms with Gasteiger partial charge in [0.05, 0.1) is 0 Å². The minimum atomic E-state index is 0.307. The summed E-state index contributed by atoms with van der Waals surface area (Å²) in [7, 11) is 0. The average Bonchev–Trinajstić information content (AvgIpc) is 2.27. The van der Waals surface area contributed by atoms with Gasteiger partial charge in [-0.3, -0.25) is 0 Å². The summed E-state index contributed by atoms with van der Waals surface area (Å²) >= 11 is 0. The summed E-state index contributed by atoms with van der Waals surface area (Å²) < 4.78 is 0. The molecule has 0 radical (unpaired) electrons. The third kappa shape index (κ3) is 5.57. The lowest BCUT2D eigenvalue weighted by atomic mass is 9.87. The fourth-order valence-electron chi connectivity index (χ4n) is 1.82. The molecular weight excluding hydrogens is 210 g/mol. The van der Waals surface area contributed by atoms with Gasteiger partial charge in [0, 0.05) is 6.54 Å². The molecule has 0 aliphatic heterocycles. The van der Waals surface area contributed by atoms with Crippen LogP contribution in [0.25, 0.3) is 0 Å². The topological polar surface area (TPSA) is 50.9 Å². The molecule has 0 unspecified atom stereocenters. The van der Waals surface area contributed by atoms with Gasteiger partial charge in [0.1, 0.15) is 11.6 Å². The molecule has 0 atom stereocenters. The van der Waals surface area contributed by atoms with Gasteiger partial charge in [-0.2, -0.15) is 0 Å². The van der Waals surface area contributed by atoms with Crippen LogP contribution in [0.4, 0.5) is 11.6 Å². The average molecular weight is 235 g/mol. The summed E-state index contributed by atoms with van der Waals surface area (Å²) in [6.45, 7) is 7.76. The number of nitrogens with two attached hydrogens (primary N) is 1. The highest BCUT2D eigenvalue weighted by Crippen LogP contribution is 2.24. The lowest BCUT2D eigenvalue weighted by molar-refractivity contribution is 0.342. The van der Waals surface area contributed by atoms with Crippen molar-refractivity contribution in [3.63, 3.8) is 0 Å². The summed E-state index contributed by atoms with van der Waals surface area (Å²) in [5.41, 5.74) is 5.95. The molecule has 0 aliphatic rings. The van der Waals surface area contributed by atoms with Crippen molar-refractivity contribution in [2.24, 2.45) is 5.41 Å². The smallest absolute Gasteiger partial charge is 0.128 e. The Kier molecular flexibility index (Phi) is 5.26. The van der Waals surface area contributed by atoms with E-state index in [2.05, 4.69) is 31.1 Å². The van der Waals surface area contributed by atoms with Gasteiger partial charge in [-0.15, -0.1) is 0 Å². The van der Waals surface area contributed by atoms with Crippen LogP contribution in [0.2, 0.25) is 0 Å². The van der Waals surface area contributed by atoms with Crippen molar-refractivity contribution >= 4 is 11.6 Å². The molecule has 0 spiro atoms. The number of pyridine rings is 1. The van der Waals surface area contributed by atoms with Crippen LogP contribution < -0.4 is 11.1 Å². The van der Waals surface area contributed by atoms with Gasteiger partial charge in [0.15, 0.2) is 0 Å². The molecule has 0 aliphatic carbocycles. The summed E-state index contributed by atoms with van der Waals surface area (Å²) in [6, 6.07) is 5.69. The van der Waals surface area contributed by atoms with Gasteiger partial charge >= 0.3 is 0 Å². The molecule has 17 heavy (non-hydrogen) atoms. The molecule has 0 amide bonds. The number of rotatable bonds is 7. The quantitative estimate of drug-likeness (QED) is 0.709. The predicted octanol–water partition coefficient (Wildman–Crippen LogP) is 3.68. The van der Waals surface area contributed by atoms with E-state index in [0.717, 1.165) is 12.4 Å². The van der Waals surface area contributed by atoms with E-state index in [4.69, 9.17) is 5.73 Å². The van der Waals surface area contributed by atoms with E-state index in [1.165, 1.54) is 25.7 Å². The van der Waals surface area contributed by atoms with Crippen molar-refractivity contribution < 1.29 is 0 Å². The Morgan fingerprint density at radius 2 is 2.06 bits per heavy atom. The number of anilines is 2. The van der Waals surface area contributed by atoms with E-state index < -0.39 is 0 Å². The maximum Gasteiger partial charge on any atom is 0.128 e. The highest BCUT2D eigenvalue weighted by molar-refractivity contribution is 5.42. The summed E-state index contributed by atoms with van der Waals surface area (Å²) in [5.74, 6) is 1.44. The number of unbranched alkanes of at least 4 members (excludes halogenated alkanes) is 2. The molecule has 0 aromatic carbocycles. The number of nitrogens with one attached hydrogen (secondary N) is 1. The van der Waals surface area contributed by atoms with Crippen LogP contribution in [0.3, 0.4) is 0 Å². The molecule has 1 aromatic heterocycles. The van der Waals surface area contributed by atoms with E-state index in [1.807, 2.05) is 12.1 Å². The normalized spacial score (nSPS) is 11.5. The third-order valence-corrected chi connectivity index (χ3v) is 2.98. The maximum absolute atomic E-state index is 5.65. The largest absolute Gasteiger partial charge is 0.384 e. The second kappa shape index (κ2) is 6.48. The Bertz CT molecular complexity index is 334. The molecule has 3 nitrogen and oxygen atoms in total. The first kappa shape index (κ1) is 13.8. The SMILES string of the molecule is CCCCCC(C)(C)CNc1cccc(N)n1. The van der Waals surface area contributed by atoms with Crippen LogP contribution in [-0.2, 0) is 0 Å². The van der Waals surface area contributed by atoms with E-state index in [0.29, 0.717) is 11.2 Å². The molecule has 0 saturated heterocycles. The van der Waals surface area contributed by atoms with Crippen LogP contribution in [0.15, 0.2) is 18.2 Å². The highest BCUT2D eigenvalue weighted by atomic mass is 15.0. The van der Waals surface area contributed by atoms with Crippen LogP contribution >= 0.6 is 0 Å². The van der Waals surface area contributed by atoms with Crippen molar-refractivity contribution in [1.29, 1.82) is 0 Å². The number of hydrogen-bond donors (Lipinski definition) is 2. The highest BCUT2D eigenvalue weighted by Gasteiger charge is 2.16. The minimum absolute atomic E-state index is 0.307. The molecule has 1 rings (SSSR count). The molecule has 1 heterocycles. The number of aromatic nitrogens is 1. The maximum atomic E-state index is 5.65. The second-order valence-corrected chi connectivity index (χ2v) is 5.42. The van der Waals surface area contributed by atoms with Crippen molar-refractivity contribution in [1.82, 2.24) is 4.98 Å². The molecule has 3 N–H and O–H groups in total. The Morgan fingerprint density at radius 1 is 1.29 bits per heavy atom. The standard InChI is InChI=1S/C14H25N3/c1-4-5-6-10-14(2,3)11-16-13-9-7-8-12(15)17-13/h7-9H,4-6,10-11H2,1-3H3,(H3,15,16,17). The lowest BCUT2D eigenvalue weighted by Gasteiger charge is -2.25. The Labute approximate surface area is 105 Å². The molecule has 96 valence electrons. The molecular formula is C14H25N3. The van der Waals surface area contributed by atoms with Crippen molar-refractivity contribution in [2.75, 3.05) is 17.6 Å². The zero-order chi connectivity index (χ0) is 12.7. The van der Waals surface area contributed by atoms with Crippen molar-refractivity contribution in [3.05, 3.63) is 18.2 Å². The Morgan fingerprint density at radius 3 is 2.71 bits per heavy atom. The van der Waals surface area contributed by atoms with Crippen molar-refractivity contribution in [2.45, 2.75) is 46.5 Å². The van der Waals surface area contributed by atoms with Gasteiger partial charge in [0.2, 0.25) is 0 Å². The van der Waals surface area contributed by atoms with Crippen LogP contribution in [0.5, 0.6) is 0 Å². The number of nitrogens with zero attached hydrogens (tertiary/aromatic N) is 1. The van der Waals surface area contributed by atoms with Gasteiger partial charge in [-0.05, 0) is 24.0 Å².